The van der Waals surface area contributed by atoms with Crippen LogP contribution >= 0.6 is 0 Å². The maximum Gasteiger partial charge on any atom is 0.0825 e. The van der Waals surface area contributed by atoms with Gasteiger partial charge in [-0.1, -0.05) is 27.2 Å². The molecule has 0 bridgehead atoms. The van der Waals surface area contributed by atoms with Gasteiger partial charge < -0.3 is 4.74 Å². The highest BCUT2D eigenvalue weighted by molar-refractivity contribution is 4.51. The molecule has 0 heterocycles. The van der Waals surface area contributed by atoms with Crippen molar-refractivity contribution in [2.45, 2.75) is 33.6 Å². The molecule has 0 aliphatic heterocycles. The van der Waals surface area contributed by atoms with Gasteiger partial charge in [0.1, 0.15) is 0 Å². The van der Waals surface area contributed by atoms with E-state index in [-0.39, 0.29) is 6.61 Å². The van der Waals surface area contributed by atoms with E-state index in [9.17, 15) is 5.11 Å². The maximum atomic E-state index is 10.2. The first-order chi connectivity index (χ1) is 5.70. The van der Waals surface area contributed by atoms with Gasteiger partial charge in [0.25, 0.3) is 0 Å². The second kappa shape index (κ2) is 7.56. The second-order valence-electron chi connectivity index (χ2n) is 3.65. The topological polar surface area (TPSA) is 29.1 Å². The fraction of sp³-hybridized carbons (Fsp3) is 1.00. The van der Waals surface area contributed by atoms with Gasteiger partial charge >= 0.3 is 0 Å². The Morgan fingerprint density at radius 2 is 1.75 bits per heavy atom. The van der Waals surface area contributed by atoms with Gasteiger partial charge in [0.15, 0.2) is 0 Å². The molecule has 12 heavy (non-hydrogen) atoms. The molecule has 0 aliphatic carbocycles. The molecule has 0 aromatic heterocycles. The van der Waals surface area contributed by atoms with E-state index < -0.39 is 0 Å². The Balaban J connectivity index is 3.18. The summed E-state index contributed by atoms with van der Waals surface area (Å²) in [5.41, 5.74) is 0. The summed E-state index contributed by atoms with van der Waals surface area (Å²) in [6.45, 7) is 8.00. The average Bonchev–Trinajstić information content (AvgIpc) is 2.04. The van der Waals surface area contributed by atoms with Crippen LogP contribution in [-0.2, 0) is 9.84 Å². The van der Waals surface area contributed by atoms with Crippen molar-refractivity contribution >= 4 is 0 Å². The molecule has 0 amide bonds. The van der Waals surface area contributed by atoms with Crippen molar-refractivity contribution in [3.8, 4) is 0 Å². The van der Waals surface area contributed by atoms with Gasteiger partial charge in [-0.25, -0.2) is 5.11 Å². The summed E-state index contributed by atoms with van der Waals surface area (Å²) in [5, 5.41) is 10.2. The van der Waals surface area contributed by atoms with E-state index in [1.807, 2.05) is 0 Å². The predicted molar refractivity (Wildman–Crippen MR) is 49.6 cm³/mol. The molecule has 1 radical (unpaired) electrons. The third-order valence-electron chi connectivity index (χ3n) is 2.11. The van der Waals surface area contributed by atoms with Crippen LogP contribution in [0.3, 0.4) is 0 Å². The predicted octanol–water partition coefficient (Wildman–Crippen LogP) is 2.51. The normalized spacial score (nSPS) is 16.0. The molecule has 2 unspecified atom stereocenters. The first-order valence-electron chi connectivity index (χ1n) is 4.86. The molecular weight excluding hydrogens is 152 g/mol. The van der Waals surface area contributed by atoms with Gasteiger partial charge in [-0.2, -0.15) is 0 Å². The van der Waals surface area contributed by atoms with Crippen LogP contribution < -0.4 is 0 Å². The number of hydrogen-bond acceptors (Lipinski definition) is 1. The van der Waals surface area contributed by atoms with E-state index in [1.54, 1.807) is 0 Å². The van der Waals surface area contributed by atoms with Gasteiger partial charge in [0.2, 0.25) is 0 Å². The Hall–Kier alpha value is -0.0800. The molecule has 0 fully saturated rings. The van der Waals surface area contributed by atoms with Crippen molar-refractivity contribution in [2.24, 2.45) is 11.8 Å². The zero-order chi connectivity index (χ0) is 9.40. The number of rotatable bonds is 7. The molecule has 0 saturated heterocycles. The zero-order valence-corrected chi connectivity index (χ0v) is 8.51. The highest BCUT2D eigenvalue weighted by atomic mass is 16.5. The van der Waals surface area contributed by atoms with Crippen LogP contribution in [-0.4, -0.2) is 19.8 Å². The second-order valence-corrected chi connectivity index (χ2v) is 3.65. The van der Waals surface area contributed by atoms with Crippen LogP contribution in [0, 0.1) is 11.8 Å². The first-order valence-corrected chi connectivity index (χ1v) is 4.86. The summed E-state index contributed by atoms with van der Waals surface area (Å²) in [4.78, 5) is 0. The largest absolute Gasteiger partial charge is 0.381 e. The van der Waals surface area contributed by atoms with Gasteiger partial charge in [0.05, 0.1) is 6.61 Å². The molecule has 2 nitrogen and oxygen atoms in total. The quantitative estimate of drug-likeness (QED) is 0.581. The molecule has 2 heteroatoms. The van der Waals surface area contributed by atoms with E-state index in [2.05, 4.69) is 20.8 Å². The van der Waals surface area contributed by atoms with Crippen molar-refractivity contribution in [3.63, 3.8) is 0 Å². The fourth-order valence-electron chi connectivity index (χ4n) is 0.873. The summed E-state index contributed by atoms with van der Waals surface area (Å²) in [6, 6.07) is 0. The Bertz CT molecular complexity index is 93.8. The molecule has 73 valence electrons. The molecule has 0 aromatic rings. The summed E-state index contributed by atoms with van der Waals surface area (Å²) >= 11 is 0. The van der Waals surface area contributed by atoms with Crippen molar-refractivity contribution in [1.29, 1.82) is 0 Å². The lowest BCUT2D eigenvalue weighted by Gasteiger charge is -2.12. The maximum absolute atomic E-state index is 10.2. The summed E-state index contributed by atoms with van der Waals surface area (Å²) in [6.07, 6.45) is 1.90. The minimum absolute atomic E-state index is 0.0217. The lowest BCUT2D eigenvalue weighted by Crippen LogP contribution is -2.11. The number of hydrogen-bond donors (Lipinski definition) is 0. The summed E-state index contributed by atoms with van der Waals surface area (Å²) in [7, 11) is 0. The van der Waals surface area contributed by atoms with Gasteiger partial charge in [0, 0.05) is 13.2 Å². The Morgan fingerprint density at radius 3 is 2.25 bits per heavy atom. The molecule has 0 spiro atoms. The van der Waals surface area contributed by atoms with E-state index in [0.717, 1.165) is 26.1 Å². The van der Waals surface area contributed by atoms with E-state index in [1.165, 1.54) is 0 Å². The van der Waals surface area contributed by atoms with Gasteiger partial charge in [-0.3, -0.25) is 0 Å². The van der Waals surface area contributed by atoms with Crippen molar-refractivity contribution < 1.29 is 9.84 Å². The monoisotopic (exact) mass is 173 g/mol. The highest BCUT2D eigenvalue weighted by Crippen LogP contribution is 2.05. The van der Waals surface area contributed by atoms with E-state index in [4.69, 9.17) is 4.74 Å². The Morgan fingerprint density at radius 1 is 1.17 bits per heavy atom. The highest BCUT2D eigenvalue weighted by Gasteiger charge is 2.03. The molecule has 0 aromatic carbocycles. The molecule has 0 N–H and O–H groups in total. The average molecular weight is 173 g/mol. The third-order valence-corrected chi connectivity index (χ3v) is 2.11. The number of ether oxygens (including phenoxy) is 1. The van der Waals surface area contributed by atoms with Gasteiger partial charge in [-0.05, 0) is 18.3 Å². The van der Waals surface area contributed by atoms with Crippen LogP contribution in [0.4, 0.5) is 0 Å². The summed E-state index contributed by atoms with van der Waals surface area (Å²) < 4.78 is 5.46. The SMILES string of the molecule is CCC(C)COCC(C)CC[O]. The van der Waals surface area contributed by atoms with Crippen LogP contribution in [0.15, 0.2) is 0 Å². The van der Waals surface area contributed by atoms with Crippen molar-refractivity contribution in [2.75, 3.05) is 19.8 Å². The lowest BCUT2D eigenvalue weighted by atomic mass is 10.1. The Labute approximate surface area is 75.9 Å². The summed E-state index contributed by atoms with van der Waals surface area (Å²) in [5.74, 6) is 1.07. The molecule has 0 rings (SSSR count). The standard InChI is InChI=1S/C10H21O2/c1-4-9(2)7-12-8-10(3)5-6-11/h9-10H,4-8H2,1-3H3. The van der Waals surface area contributed by atoms with E-state index >= 15 is 0 Å². The zero-order valence-electron chi connectivity index (χ0n) is 8.51. The first kappa shape index (κ1) is 11.9. The fourth-order valence-corrected chi connectivity index (χ4v) is 0.873. The molecule has 0 aliphatic rings. The van der Waals surface area contributed by atoms with Gasteiger partial charge in [-0.15, -0.1) is 0 Å². The Kier molecular flexibility index (Phi) is 7.51. The van der Waals surface area contributed by atoms with Crippen molar-refractivity contribution in [3.05, 3.63) is 0 Å². The molecule has 2 atom stereocenters. The molecule has 0 saturated carbocycles. The molecular formula is C10H21O2. The van der Waals surface area contributed by atoms with Crippen LogP contribution in [0.2, 0.25) is 0 Å². The van der Waals surface area contributed by atoms with E-state index in [0.29, 0.717) is 11.8 Å². The smallest absolute Gasteiger partial charge is 0.0825 e. The van der Waals surface area contributed by atoms with Crippen LogP contribution in [0.5, 0.6) is 0 Å². The van der Waals surface area contributed by atoms with Crippen LogP contribution in [0.25, 0.3) is 0 Å². The van der Waals surface area contributed by atoms with Crippen LogP contribution in [0.1, 0.15) is 33.6 Å². The third kappa shape index (κ3) is 6.62. The lowest BCUT2D eigenvalue weighted by molar-refractivity contribution is 0.0655. The minimum atomic E-state index is 0.0217. The minimum Gasteiger partial charge on any atom is -0.381 e. The van der Waals surface area contributed by atoms with Crippen molar-refractivity contribution in [1.82, 2.24) is 0 Å².